The molecule has 0 aliphatic carbocycles. The first-order valence-electron chi connectivity index (χ1n) is 9.41. The molecule has 1 saturated heterocycles. The van der Waals surface area contributed by atoms with Crippen LogP contribution in [0.25, 0.3) is 28.0 Å². The smallest absolute Gasteiger partial charge is 0.251 e. The molecule has 1 atom stereocenters. The number of rotatable bonds is 2. The van der Waals surface area contributed by atoms with Crippen LogP contribution in [0.5, 0.6) is 0 Å². The molecule has 0 saturated carbocycles. The highest BCUT2D eigenvalue weighted by Gasteiger charge is 2.25. The van der Waals surface area contributed by atoms with E-state index in [1.165, 1.54) is 4.90 Å². The number of hydrogen-bond donors (Lipinski definition) is 1. The van der Waals surface area contributed by atoms with Crippen molar-refractivity contribution in [3.8, 4) is 22.4 Å². The predicted molar refractivity (Wildman–Crippen MR) is 109 cm³/mol. The Kier molecular flexibility index (Phi) is 5.14. The van der Waals surface area contributed by atoms with Gasteiger partial charge < -0.3 is 18.9 Å². The van der Waals surface area contributed by atoms with Gasteiger partial charge in [-0.15, -0.1) is 0 Å². The number of likely N-dealkylation sites (tertiary alicyclic amines) is 1. The SMILES string of the molecule is CN1CCC(O)C1=O.Cc1cn2cc(-c3cccc(-c4ccon4)c3)ccc2n1. The fourth-order valence-electron chi connectivity index (χ4n) is 3.31. The molecule has 1 amide bonds. The van der Waals surface area contributed by atoms with Crippen molar-refractivity contribution in [1.29, 1.82) is 0 Å². The van der Waals surface area contributed by atoms with Crippen LogP contribution in [0.2, 0.25) is 0 Å². The zero-order valence-electron chi connectivity index (χ0n) is 16.3. The van der Waals surface area contributed by atoms with Crippen LogP contribution in [0.3, 0.4) is 0 Å². The summed E-state index contributed by atoms with van der Waals surface area (Å²) in [5, 5.41) is 12.8. The highest BCUT2D eigenvalue weighted by atomic mass is 16.5. The Labute approximate surface area is 168 Å². The minimum atomic E-state index is -0.722. The maximum Gasteiger partial charge on any atom is 0.251 e. The van der Waals surface area contributed by atoms with E-state index in [0.29, 0.717) is 13.0 Å². The Balaban J connectivity index is 0.000000216. The molecule has 1 aromatic carbocycles. The van der Waals surface area contributed by atoms with Gasteiger partial charge in [0.2, 0.25) is 0 Å². The second-order valence-electron chi connectivity index (χ2n) is 7.10. The first kappa shape index (κ1) is 18.9. The molecule has 3 aromatic heterocycles. The summed E-state index contributed by atoms with van der Waals surface area (Å²) in [6.45, 7) is 2.69. The molecular weight excluding hydrogens is 368 g/mol. The molecule has 7 nitrogen and oxygen atoms in total. The first-order chi connectivity index (χ1) is 14.0. The van der Waals surface area contributed by atoms with Crippen molar-refractivity contribution in [2.24, 2.45) is 0 Å². The number of fused-ring (bicyclic) bond motifs is 1. The third-order valence-electron chi connectivity index (χ3n) is 4.90. The van der Waals surface area contributed by atoms with Crippen LogP contribution in [0.4, 0.5) is 0 Å². The van der Waals surface area contributed by atoms with Crippen molar-refractivity contribution >= 4 is 11.6 Å². The Morgan fingerprint density at radius 1 is 1.10 bits per heavy atom. The van der Waals surface area contributed by atoms with E-state index in [1.807, 2.05) is 41.8 Å². The van der Waals surface area contributed by atoms with E-state index in [0.717, 1.165) is 33.7 Å². The summed E-state index contributed by atoms with van der Waals surface area (Å²) in [6, 6.07) is 14.2. The minimum absolute atomic E-state index is 0.148. The van der Waals surface area contributed by atoms with Crippen molar-refractivity contribution < 1.29 is 14.4 Å². The molecule has 148 valence electrons. The van der Waals surface area contributed by atoms with Crippen LogP contribution < -0.4 is 0 Å². The van der Waals surface area contributed by atoms with Crippen molar-refractivity contribution in [3.63, 3.8) is 0 Å². The Morgan fingerprint density at radius 3 is 2.59 bits per heavy atom. The van der Waals surface area contributed by atoms with Gasteiger partial charge in [0.15, 0.2) is 0 Å². The van der Waals surface area contributed by atoms with Gasteiger partial charge in [0.05, 0.1) is 5.69 Å². The molecule has 0 bridgehead atoms. The quantitative estimate of drug-likeness (QED) is 0.568. The van der Waals surface area contributed by atoms with Crippen LogP contribution in [0.1, 0.15) is 12.1 Å². The van der Waals surface area contributed by atoms with Gasteiger partial charge >= 0.3 is 0 Å². The maximum absolute atomic E-state index is 10.6. The summed E-state index contributed by atoms with van der Waals surface area (Å²) >= 11 is 0. The van der Waals surface area contributed by atoms with Gasteiger partial charge in [-0.3, -0.25) is 4.79 Å². The predicted octanol–water partition coefficient (Wildman–Crippen LogP) is 3.17. The summed E-state index contributed by atoms with van der Waals surface area (Å²) in [5.41, 5.74) is 6.15. The van der Waals surface area contributed by atoms with Gasteiger partial charge in [0.1, 0.15) is 23.7 Å². The van der Waals surface area contributed by atoms with E-state index < -0.39 is 6.10 Å². The molecule has 1 unspecified atom stereocenters. The number of aryl methyl sites for hydroxylation is 1. The molecular formula is C22H22N4O3. The number of aliphatic hydroxyl groups is 1. The summed E-state index contributed by atoms with van der Waals surface area (Å²) in [5.74, 6) is -0.148. The van der Waals surface area contributed by atoms with Crippen molar-refractivity contribution in [2.75, 3.05) is 13.6 Å². The summed E-state index contributed by atoms with van der Waals surface area (Å²) in [7, 11) is 1.69. The molecule has 5 rings (SSSR count). The third-order valence-corrected chi connectivity index (χ3v) is 4.90. The van der Waals surface area contributed by atoms with E-state index in [1.54, 1.807) is 13.3 Å². The van der Waals surface area contributed by atoms with Crippen LogP contribution in [-0.4, -0.2) is 50.2 Å². The highest BCUT2D eigenvalue weighted by Crippen LogP contribution is 2.25. The lowest BCUT2D eigenvalue weighted by Gasteiger charge is -2.04. The molecule has 1 aliphatic rings. The molecule has 1 N–H and O–H groups in total. The normalized spacial score (nSPS) is 16.2. The topological polar surface area (TPSA) is 83.9 Å². The number of imidazole rings is 1. The lowest BCUT2D eigenvalue weighted by atomic mass is 10.0. The fraction of sp³-hybridized carbons (Fsp3) is 0.227. The Hall–Kier alpha value is -3.45. The number of amides is 1. The van der Waals surface area contributed by atoms with Crippen molar-refractivity contribution in [1.82, 2.24) is 19.4 Å². The fourth-order valence-corrected chi connectivity index (χ4v) is 3.31. The molecule has 4 aromatic rings. The standard InChI is InChI=1S/C17H13N3O.C5H9NO2/c1-12-10-20-11-15(5-6-17(20)18-12)13-3-2-4-14(9-13)16-7-8-21-19-16;1-6-3-2-4(7)5(6)8/h2-11H,1H3;4,7H,2-3H2,1H3. The summed E-state index contributed by atoms with van der Waals surface area (Å²) in [6.07, 6.45) is 5.58. The molecule has 4 heterocycles. The lowest BCUT2D eigenvalue weighted by Crippen LogP contribution is -2.24. The average molecular weight is 390 g/mol. The summed E-state index contributed by atoms with van der Waals surface area (Å²) < 4.78 is 6.96. The van der Waals surface area contributed by atoms with Crippen molar-refractivity contribution in [2.45, 2.75) is 19.4 Å². The highest BCUT2D eigenvalue weighted by molar-refractivity contribution is 5.82. The number of nitrogens with zero attached hydrogens (tertiary/aromatic N) is 4. The number of benzene rings is 1. The average Bonchev–Trinajstić information content (AvgIpc) is 3.45. The molecule has 0 radical (unpaired) electrons. The molecule has 29 heavy (non-hydrogen) atoms. The van der Waals surface area contributed by atoms with Crippen LogP contribution in [0, 0.1) is 6.92 Å². The second kappa shape index (κ2) is 7.89. The van der Waals surface area contributed by atoms with Gasteiger partial charge in [-0.1, -0.05) is 23.4 Å². The lowest BCUT2D eigenvalue weighted by molar-refractivity contribution is -0.133. The van der Waals surface area contributed by atoms with Gasteiger partial charge in [-0.05, 0) is 42.7 Å². The van der Waals surface area contributed by atoms with E-state index in [9.17, 15) is 4.79 Å². The number of pyridine rings is 1. The van der Waals surface area contributed by atoms with Gasteiger partial charge in [0.25, 0.3) is 5.91 Å². The van der Waals surface area contributed by atoms with Crippen LogP contribution in [-0.2, 0) is 4.79 Å². The van der Waals surface area contributed by atoms with Crippen LogP contribution >= 0.6 is 0 Å². The molecule has 0 spiro atoms. The minimum Gasteiger partial charge on any atom is -0.383 e. The monoisotopic (exact) mass is 390 g/mol. The van der Waals surface area contributed by atoms with Gasteiger partial charge in [0, 0.05) is 37.6 Å². The maximum atomic E-state index is 10.6. The number of aromatic nitrogens is 3. The first-order valence-corrected chi connectivity index (χ1v) is 9.41. The Bertz CT molecular complexity index is 1120. The van der Waals surface area contributed by atoms with Crippen LogP contribution in [0.15, 0.2) is 65.6 Å². The molecule has 1 aliphatic heterocycles. The van der Waals surface area contributed by atoms with E-state index in [2.05, 4.69) is 34.5 Å². The summed E-state index contributed by atoms with van der Waals surface area (Å²) in [4.78, 5) is 16.6. The van der Waals surface area contributed by atoms with Gasteiger partial charge in [-0.25, -0.2) is 4.98 Å². The molecule has 1 fully saturated rings. The Morgan fingerprint density at radius 2 is 1.93 bits per heavy atom. The number of carbonyl (C=O) groups is 1. The zero-order chi connectivity index (χ0) is 20.4. The van der Waals surface area contributed by atoms with E-state index in [4.69, 9.17) is 9.63 Å². The van der Waals surface area contributed by atoms with Gasteiger partial charge in [-0.2, -0.15) is 0 Å². The van der Waals surface area contributed by atoms with E-state index >= 15 is 0 Å². The third kappa shape index (κ3) is 4.05. The molecule has 7 heteroatoms. The number of aliphatic hydroxyl groups excluding tert-OH is 1. The number of likely N-dealkylation sites (N-methyl/N-ethyl adjacent to an activating group) is 1. The number of carbonyl (C=O) groups excluding carboxylic acids is 1. The van der Waals surface area contributed by atoms with E-state index in [-0.39, 0.29) is 5.91 Å². The number of hydrogen-bond acceptors (Lipinski definition) is 5. The second-order valence-corrected chi connectivity index (χ2v) is 7.10. The zero-order valence-corrected chi connectivity index (χ0v) is 16.3. The largest absolute Gasteiger partial charge is 0.383 e. The van der Waals surface area contributed by atoms with Crippen molar-refractivity contribution in [3.05, 3.63) is 66.8 Å².